The van der Waals surface area contributed by atoms with Crippen molar-refractivity contribution >= 4 is 35.8 Å². The van der Waals surface area contributed by atoms with E-state index in [2.05, 4.69) is 27.9 Å². The van der Waals surface area contributed by atoms with E-state index in [9.17, 15) is 4.79 Å². The third-order valence-corrected chi connectivity index (χ3v) is 3.04. The summed E-state index contributed by atoms with van der Waals surface area (Å²) in [6, 6.07) is 1.08. The summed E-state index contributed by atoms with van der Waals surface area (Å²) in [4.78, 5) is 15.9. The van der Waals surface area contributed by atoms with Crippen molar-refractivity contribution in [2.24, 2.45) is 4.99 Å². The van der Waals surface area contributed by atoms with Crippen LogP contribution in [-0.4, -0.2) is 37.0 Å². The van der Waals surface area contributed by atoms with E-state index >= 15 is 0 Å². The number of nitrogens with one attached hydrogen (secondary N) is 3. The van der Waals surface area contributed by atoms with Crippen molar-refractivity contribution in [1.82, 2.24) is 16.0 Å². The van der Waals surface area contributed by atoms with Crippen LogP contribution in [-0.2, 0) is 4.79 Å². The Morgan fingerprint density at radius 1 is 1.16 bits per heavy atom. The summed E-state index contributed by atoms with van der Waals surface area (Å²) in [6.07, 6.45) is 6.20. The molecule has 0 radical (unpaired) electrons. The van der Waals surface area contributed by atoms with Gasteiger partial charge in [0.1, 0.15) is 0 Å². The van der Waals surface area contributed by atoms with Gasteiger partial charge in [0.25, 0.3) is 0 Å². The standard InChI is InChI=1S/C13H24N4O.HI/c1-2-14-13(17-11-7-8-11)15-9-3-4-12(18)16-10-5-6-10;/h10-11H,2-9H2,1H3,(H,16,18)(H2,14,15,17);1H. The van der Waals surface area contributed by atoms with Crippen LogP contribution in [0.4, 0.5) is 0 Å². The van der Waals surface area contributed by atoms with E-state index in [1.165, 1.54) is 12.8 Å². The molecule has 110 valence electrons. The van der Waals surface area contributed by atoms with Gasteiger partial charge in [0.2, 0.25) is 5.91 Å². The Morgan fingerprint density at radius 2 is 1.79 bits per heavy atom. The molecule has 2 fully saturated rings. The Kier molecular flexibility index (Phi) is 7.48. The van der Waals surface area contributed by atoms with Gasteiger partial charge < -0.3 is 16.0 Å². The van der Waals surface area contributed by atoms with Gasteiger partial charge in [-0.15, -0.1) is 24.0 Å². The molecule has 0 bridgehead atoms. The minimum absolute atomic E-state index is 0. The lowest BCUT2D eigenvalue weighted by atomic mass is 10.3. The maximum absolute atomic E-state index is 11.5. The van der Waals surface area contributed by atoms with Crippen LogP contribution in [0.2, 0.25) is 0 Å². The quantitative estimate of drug-likeness (QED) is 0.271. The number of amides is 1. The van der Waals surface area contributed by atoms with Gasteiger partial charge in [0, 0.05) is 31.6 Å². The molecular weight excluding hydrogens is 355 g/mol. The van der Waals surface area contributed by atoms with Crippen molar-refractivity contribution in [2.45, 2.75) is 57.5 Å². The second-order valence-corrected chi connectivity index (χ2v) is 5.12. The van der Waals surface area contributed by atoms with Crippen molar-refractivity contribution in [3.63, 3.8) is 0 Å². The lowest BCUT2D eigenvalue weighted by Gasteiger charge is -2.09. The minimum Gasteiger partial charge on any atom is -0.357 e. The van der Waals surface area contributed by atoms with E-state index in [-0.39, 0.29) is 29.9 Å². The van der Waals surface area contributed by atoms with Crippen LogP contribution >= 0.6 is 24.0 Å². The zero-order valence-corrected chi connectivity index (χ0v) is 13.9. The number of hydrogen-bond acceptors (Lipinski definition) is 2. The molecule has 0 atom stereocenters. The van der Waals surface area contributed by atoms with Crippen molar-refractivity contribution in [1.29, 1.82) is 0 Å². The number of hydrogen-bond donors (Lipinski definition) is 3. The zero-order chi connectivity index (χ0) is 12.8. The highest BCUT2D eigenvalue weighted by Crippen LogP contribution is 2.19. The fourth-order valence-electron chi connectivity index (χ4n) is 1.70. The van der Waals surface area contributed by atoms with E-state index in [0.29, 0.717) is 25.0 Å². The topological polar surface area (TPSA) is 65.5 Å². The van der Waals surface area contributed by atoms with Crippen molar-refractivity contribution in [3.8, 4) is 0 Å². The van der Waals surface area contributed by atoms with Gasteiger partial charge in [-0.05, 0) is 39.0 Å². The summed E-state index contributed by atoms with van der Waals surface area (Å²) >= 11 is 0. The first-order chi connectivity index (χ1) is 8.78. The summed E-state index contributed by atoms with van der Waals surface area (Å²) in [5.74, 6) is 1.07. The summed E-state index contributed by atoms with van der Waals surface area (Å²) in [5, 5.41) is 9.57. The fraction of sp³-hybridized carbons (Fsp3) is 0.846. The molecule has 5 nitrogen and oxygen atoms in total. The largest absolute Gasteiger partial charge is 0.357 e. The van der Waals surface area contributed by atoms with E-state index in [1.807, 2.05) is 0 Å². The average Bonchev–Trinajstić information content (AvgIpc) is 3.20. The van der Waals surface area contributed by atoms with Gasteiger partial charge in [-0.25, -0.2) is 0 Å². The molecule has 0 heterocycles. The van der Waals surface area contributed by atoms with Gasteiger partial charge >= 0.3 is 0 Å². The summed E-state index contributed by atoms with van der Waals surface area (Å²) in [7, 11) is 0. The van der Waals surface area contributed by atoms with Crippen molar-refractivity contribution in [3.05, 3.63) is 0 Å². The van der Waals surface area contributed by atoms with Gasteiger partial charge in [0.15, 0.2) is 5.96 Å². The van der Waals surface area contributed by atoms with Crippen LogP contribution in [0.15, 0.2) is 4.99 Å². The molecule has 0 unspecified atom stereocenters. The van der Waals surface area contributed by atoms with Crippen LogP contribution in [0.1, 0.15) is 45.4 Å². The maximum atomic E-state index is 11.5. The molecule has 2 saturated carbocycles. The molecule has 0 aliphatic heterocycles. The molecule has 2 rings (SSSR count). The zero-order valence-electron chi connectivity index (χ0n) is 11.6. The summed E-state index contributed by atoms with van der Waals surface area (Å²) in [5.41, 5.74) is 0. The Bertz CT molecular complexity index is 314. The van der Waals surface area contributed by atoms with Crippen molar-refractivity contribution in [2.75, 3.05) is 13.1 Å². The predicted molar refractivity (Wildman–Crippen MR) is 88.0 cm³/mol. The van der Waals surface area contributed by atoms with Crippen molar-refractivity contribution < 1.29 is 4.79 Å². The summed E-state index contributed by atoms with van der Waals surface area (Å²) in [6.45, 7) is 3.65. The Morgan fingerprint density at radius 3 is 2.37 bits per heavy atom. The monoisotopic (exact) mass is 380 g/mol. The van der Waals surface area contributed by atoms with E-state index in [1.54, 1.807) is 0 Å². The molecule has 19 heavy (non-hydrogen) atoms. The summed E-state index contributed by atoms with van der Waals surface area (Å²) < 4.78 is 0. The second-order valence-electron chi connectivity index (χ2n) is 5.12. The third kappa shape index (κ3) is 7.59. The number of carbonyl (C=O) groups is 1. The molecule has 3 N–H and O–H groups in total. The number of aliphatic imine (C=N–C) groups is 1. The molecule has 0 spiro atoms. The highest BCUT2D eigenvalue weighted by Gasteiger charge is 2.23. The molecule has 1 amide bonds. The molecule has 0 aromatic heterocycles. The van der Waals surface area contributed by atoms with Crippen LogP contribution in [0.25, 0.3) is 0 Å². The first-order valence-corrected chi connectivity index (χ1v) is 7.12. The Hall–Kier alpha value is -0.530. The molecule has 0 aromatic rings. The lowest BCUT2D eigenvalue weighted by Crippen LogP contribution is -2.38. The van der Waals surface area contributed by atoms with Gasteiger partial charge in [0.05, 0.1) is 0 Å². The molecule has 2 aliphatic rings. The smallest absolute Gasteiger partial charge is 0.220 e. The fourth-order valence-corrected chi connectivity index (χ4v) is 1.70. The van der Waals surface area contributed by atoms with E-state index in [4.69, 9.17) is 0 Å². The highest BCUT2D eigenvalue weighted by atomic mass is 127. The van der Waals surface area contributed by atoms with Gasteiger partial charge in [-0.2, -0.15) is 0 Å². The Balaban J connectivity index is 0.00000180. The van der Waals surface area contributed by atoms with Crippen LogP contribution < -0.4 is 16.0 Å². The third-order valence-electron chi connectivity index (χ3n) is 3.04. The highest BCUT2D eigenvalue weighted by molar-refractivity contribution is 14.0. The van der Waals surface area contributed by atoms with Crippen LogP contribution in [0.5, 0.6) is 0 Å². The average molecular weight is 380 g/mol. The molecule has 0 saturated heterocycles. The lowest BCUT2D eigenvalue weighted by molar-refractivity contribution is -0.121. The molecule has 0 aromatic carbocycles. The first-order valence-electron chi connectivity index (χ1n) is 7.12. The molecular formula is C13H25IN4O. The van der Waals surface area contributed by atoms with Crippen LogP contribution in [0, 0.1) is 0 Å². The maximum Gasteiger partial charge on any atom is 0.220 e. The number of guanidine groups is 1. The number of rotatable bonds is 7. The number of nitrogens with zero attached hydrogens (tertiary/aromatic N) is 1. The Labute approximate surface area is 132 Å². The SMILES string of the molecule is CCNC(=NCCCC(=O)NC1CC1)NC1CC1.I. The second kappa shape index (κ2) is 8.60. The number of halogens is 1. The molecule has 6 heteroatoms. The number of carbonyl (C=O) groups excluding carboxylic acids is 1. The van der Waals surface area contributed by atoms with Gasteiger partial charge in [-0.1, -0.05) is 0 Å². The first kappa shape index (κ1) is 16.5. The predicted octanol–water partition coefficient (Wildman–Crippen LogP) is 1.38. The van der Waals surface area contributed by atoms with E-state index < -0.39 is 0 Å². The van der Waals surface area contributed by atoms with Crippen LogP contribution in [0.3, 0.4) is 0 Å². The van der Waals surface area contributed by atoms with E-state index in [0.717, 1.165) is 31.8 Å². The minimum atomic E-state index is 0. The normalized spacial score (nSPS) is 18.5. The van der Waals surface area contributed by atoms with Gasteiger partial charge in [-0.3, -0.25) is 9.79 Å². The molecule has 2 aliphatic carbocycles.